The smallest absolute Gasteiger partial charge is 0.308 e. The van der Waals surface area contributed by atoms with E-state index >= 15 is 0 Å². The largest absolute Gasteiger partial charge is 0.497 e. The first-order valence-electron chi connectivity index (χ1n) is 9.12. The lowest BCUT2D eigenvalue weighted by Crippen LogP contribution is -2.05. The number of ether oxygens (including phenoxy) is 2. The van der Waals surface area contributed by atoms with Crippen LogP contribution in [-0.2, 0) is 11.2 Å². The summed E-state index contributed by atoms with van der Waals surface area (Å²) in [5.41, 5.74) is 3.77. The predicted molar refractivity (Wildman–Crippen MR) is 107 cm³/mol. The van der Waals surface area contributed by atoms with Crippen molar-refractivity contribution < 1.29 is 14.3 Å². The summed E-state index contributed by atoms with van der Waals surface area (Å²) in [7, 11) is 1.68. The Morgan fingerprint density at radius 2 is 1.37 bits per heavy atom. The Morgan fingerprint density at radius 1 is 0.815 bits per heavy atom. The highest BCUT2D eigenvalue weighted by Crippen LogP contribution is 2.31. The molecule has 0 fully saturated rings. The molecule has 0 aliphatic carbocycles. The molecule has 1 atom stereocenters. The summed E-state index contributed by atoms with van der Waals surface area (Å²) in [5, 5.41) is 0. The van der Waals surface area contributed by atoms with E-state index in [2.05, 4.69) is 36.4 Å². The van der Waals surface area contributed by atoms with Gasteiger partial charge in [-0.2, -0.15) is 0 Å². The van der Waals surface area contributed by atoms with E-state index in [-0.39, 0.29) is 11.9 Å². The molecule has 0 bridgehead atoms. The van der Waals surface area contributed by atoms with Crippen molar-refractivity contribution in [3.8, 4) is 11.5 Å². The molecule has 138 valence electrons. The molecule has 3 heteroatoms. The molecule has 3 aromatic carbocycles. The third-order valence-electron chi connectivity index (χ3n) is 4.63. The van der Waals surface area contributed by atoms with E-state index in [9.17, 15) is 4.79 Å². The van der Waals surface area contributed by atoms with Crippen LogP contribution in [0.1, 0.15) is 36.0 Å². The number of benzene rings is 3. The van der Waals surface area contributed by atoms with E-state index in [1.165, 1.54) is 23.6 Å². The summed E-state index contributed by atoms with van der Waals surface area (Å²) in [4.78, 5) is 11.1. The molecule has 0 aliphatic heterocycles. The van der Waals surface area contributed by atoms with Crippen LogP contribution in [-0.4, -0.2) is 13.1 Å². The van der Waals surface area contributed by atoms with Crippen molar-refractivity contribution in [1.82, 2.24) is 0 Å². The summed E-state index contributed by atoms with van der Waals surface area (Å²) >= 11 is 0. The van der Waals surface area contributed by atoms with E-state index < -0.39 is 0 Å². The molecule has 0 aliphatic rings. The van der Waals surface area contributed by atoms with Crippen LogP contribution in [0.4, 0.5) is 0 Å². The van der Waals surface area contributed by atoms with Crippen molar-refractivity contribution in [1.29, 1.82) is 0 Å². The van der Waals surface area contributed by atoms with Crippen molar-refractivity contribution in [2.24, 2.45) is 0 Å². The maximum absolute atomic E-state index is 11.1. The monoisotopic (exact) mass is 360 g/mol. The van der Waals surface area contributed by atoms with Crippen molar-refractivity contribution in [3.63, 3.8) is 0 Å². The van der Waals surface area contributed by atoms with Crippen LogP contribution in [0.3, 0.4) is 0 Å². The van der Waals surface area contributed by atoms with Crippen molar-refractivity contribution >= 4 is 5.97 Å². The number of hydrogen-bond donors (Lipinski definition) is 0. The molecule has 0 aromatic heterocycles. The molecule has 3 nitrogen and oxygen atoms in total. The molecular formula is C24H24O3. The molecule has 0 heterocycles. The van der Waals surface area contributed by atoms with E-state index in [1.54, 1.807) is 7.11 Å². The van der Waals surface area contributed by atoms with Crippen LogP contribution in [0, 0.1) is 0 Å². The molecule has 1 unspecified atom stereocenters. The van der Waals surface area contributed by atoms with Crippen LogP contribution in [0.15, 0.2) is 78.9 Å². The Kier molecular flexibility index (Phi) is 6.26. The van der Waals surface area contributed by atoms with Crippen LogP contribution >= 0.6 is 0 Å². The summed E-state index contributed by atoms with van der Waals surface area (Å²) < 4.78 is 10.4. The third-order valence-corrected chi connectivity index (χ3v) is 4.63. The van der Waals surface area contributed by atoms with Gasteiger partial charge in [0.2, 0.25) is 0 Å². The lowest BCUT2D eigenvalue weighted by molar-refractivity contribution is -0.131. The van der Waals surface area contributed by atoms with Crippen molar-refractivity contribution in [3.05, 3.63) is 95.6 Å². The Labute approximate surface area is 160 Å². The second kappa shape index (κ2) is 9.04. The normalized spacial score (nSPS) is 11.6. The average Bonchev–Trinajstić information content (AvgIpc) is 2.70. The third kappa shape index (κ3) is 5.20. The highest BCUT2D eigenvalue weighted by atomic mass is 16.5. The number of aryl methyl sites for hydroxylation is 1. The van der Waals surface area contributed by atoms with Gasteiger partial charge in [0.25, 0.3) is 0 Å². The fourth-order valence-electron chi connectivity index (χ4n) is 3.25. The number of rotatable bonds is 7. The minimum atomic E-state index is -0.307. The fraction of sp³-hybridized carbons (Fsp3) is 0.208. The van der Waals surface area contributed by atoms with Gasteiger partial charge in [-0.25, -0.2) is 0 Å². The molecular weight excluding hydrogens is 336 g/mol. The lowest BCUT2D eigenvalue weighted by atomic mass is 9.86. The number of esters is 1. The fourth-order valence-corrected chi connectivity index (χ4v) is 3.25. The molecule has 0 amide bonds. The molecule has 0 radical (unpaired) electrons. The van der Waals surface area contributed by atoms with Gasteiger partial charge in [0.1, 0.15) is 11.5 Å². The van der Waals surface area contributed by atoms with Crippen LogP contribution in [0.2, 0.25) is 0 Å². The van der Waals surface area contributed by atoms with Crippen LogP contribution in [0.5, 0.6) is 11.5 Å². The van der Waals surface area contributed by atoms with E-state index in [4.69, 9.17) is 9.47 Å². The Bertz CT molecular complexity index is 852. The standard InChI is InChI=1S/C24H24O3/c1-18(25)27-23-15-11-21(12-16-23)24(17-8-19-6-4-3-5-7-19)20-9-13-22(26-2)14-10-20/h3-7,9-16,24H,8,17H2,1-2H3. The molecule has 3 aromatic rings. The van der Waals surface area contributed by atoms with Gasteiger partial charge in [-0.15, -0.1) is 0 Å². The zero-order valence-electron chi connectivity index (χ0n) is 15.7. The van der Waals surface area contributed by atoms with Gasteiger partial charge in [0.15, 0.2) is 0 Å². The molecule has 0 N–H and O–H groups in total. The van der Waals surface area contributed by atoms with Gasteiger partial charge < -0.3 is 9.47 Å². The minimum Gasteiger partial charge on any atom is -0.497 e. The van der Waals surface area contributed by atoms with Gasteiger partial charge in [0.05, 0.1) is 7.11 Å². The predicted octanol–water partition coefficient (Wildman–Crippen LogP) is 5.39. The van der Waals surface area contributed by atoms with E-state index in [0.29, 0.717) is 5.75 Å². The van der Waals surface area contributed by atoms with Crippen molar-refractivity contribution in [2.45, 2.75) is 25.7 Å². The second-order valence-corrected chi connectivity index (χ2v) is 6.51. The number of carbonyl (C=O) groups excluding carboxylic acids is 1. The molecule has 0 spiro atoms. The van der Waals surface area contributed by atoms with Crippen LogP contribution < -0.4 is 9.47 Å². The summed E-state index contributed by atoms with van der Waals surface area (Å²) in [6.07, 6.45) is 1.98. The Hall–Kier alpha value is -3.07. The summed E-state index contributed by atoms with van der Waals surface area (Å²) in [6.45, 7) is 1.41. The maximum Gasteiger partial charge on any atom is 0.308 e. The van der Waals surface area contributed by atoms with Crippen LogP contribution in [0.25, 0.3) is 0 Å². The van der Waals surface area contributed by atoms with E-state index in [0.717, 1.165) is 18.6 Å². The van der Waals surface area contributed by atoms with E-state index in [1.807, 2.05) is 42.5 Å². The molecule has 0 saturated carbocycles. The molecule has 3 rings (SSSR count). The summed E-state index contributed by atoms with van der Waals surface area (Å²) in [6, 6.07) is 26.5. The minimum absolute atomic E-state index is 0.252. The zero-order chi connectivity index (χ0) is 19.1. The van der Waals surface area contributed by atoms with Crippen molar-refractivity contribution in [2.75, 3.05) is 7.11 Å². The number of hydrogen-bond acceptors (Lipinski definition) is 3. The van der Waals surface area contributed by atoms with Gasteiger partial charge in [-0.05, 0) is 53.8 Å². The first-order valence-corrected chi connectivity index (χ1v) is 9.12. The SMILES string of the molecule is COc1ccc(C(CCc2ccccc2)c2ccc(OC(C)=O)cc2)cc1. The quantitative estimate of drug-likeness (QED) is 0.419. The summed E-state index contributed by atoms with van der Waals surface area (Å²) in [5.74, 6) is 1.37. The lowest BCUT2D eigenvalue weighted by Gasteiger charge is -2.19. The molecule has 27 heavy (non-hydrogen) atoms. The van der Waals surface area contributed by atoms with Gasteiger partial charge in [-0.1, -0.05) is 54.6 Å². The highest BCUT2D eigenvalue weighted by molar-refractivity contribution is 5.69. The first-order chi connectivity index (χ1) is 13.2. The highest BCUT2D eigenvalue weighted by Gasteiger charge is 2.15. The van der Waals surface area contributed by atoms with Gasteiger partial charge in [0, 0.05) is 12.8 Å². The van der Waals surface area contributed by atoms with Gasteiger partial charge in [-0.3, -0.25) is 4.79 Å². The zero-order valence-corrected chi connectivity index (χ0v) is 15.7. The maximum atomic E-state index is 11.1. The van der Waals surface area contributed by atoms with Gasteiger partial charge >= 0.3 is 5.97 Å². The topological polar surface area (TPSA) is 35.5 Å². The Balaban J connectivity index is 1.84. The average molecular weight is 360 g/mol. The molecule has 0 saturated heterocycles. The number of methoxy groups -OCH3 is 1. The Morgan fingerprint density at radius 3 is 1.89 bits per heavy atom. The first kappa shape index (κ1) is 18.7. The number of carbonyl (C=O) groups is 1. The second-order valence-electron chi connectivity index (χ2n) is 6.51.